The summed E-state index contributed by atoms with van der Waals surface area (Å²) in [6, 6.07) is 20.0. The number of rotatable bonds is 7. The summed E-state index contributed by atoms with van der Waals surface area (Å²) in [7, 11) is 1.53. The van der Waals surface area contributed by atoms with E-state index in [0.29, 0.717) is 11.2 Å². The summed E-state index contributed by atoms with van der Waals surface area (Å²) in [5, 5.41) is 2.93. The molecule has 1 unspecified atom stereocenters. The lowest BCUT2D eigenvalue weighted by Crippen LogP contribution is -2.51. The number of para-hydroxylation sites is 1. The van der Waals surface area contributed by atoms with Gasteiger partial charge in [0.15, 0.2) is 0 Å². The van der Waals surface area contributed by atoms with Crippen molar-refractivity contribution >= 4 is 28.4 Å². The van der Waals surface area contributed by atoms with E-state index >= 15 is 0 Å². The highest BCUT2D eigenvalue weighted by Gasteiger charge is 2.26. The number of aromatic amines is 1. The second kappa shape index (κ2) is 10.2. The standard InChI is InChI=1S/C26H23FN4O4/c1-30(19-13-11-18(27)12-14-19)25(34)22(15-17-7-3-2-4-8-17)28-23(32)16-31-24(33)20-9-5-6-10-21(20)29-26(31)35/h2-14,22H,15-16H2,1H3,(H,28,32)(H,29,35). The lowest BCUT2D eigenvalue weighted by atomic mass is 10.0. The van der Waals surface area contributed by atoms with Crippen LogP contribution in [0.4, 0.5) is 10.1 Å². The minimum absolute atomic E-state index is 0.180. The van der Waals surface area contributed by atoms with Gasteiger partial charge in [-0.05, 0) is 42.0 Å². The fourth-order valence-corrected chi connectivity index (χ4v) is 3.80. The Labute approximate surface area is 199 Å². The molecule has 0 bridgehead atoms. The minimum Gasteiger partial charge on any atom is -0.342 e. The third-order valence-electron chi connectivity index (χ3n) is 5.65. The number of hydrogen-bond acceptors (Lipinski definition) is 4. The van der Waals surface area contributed by atoms with Crippen LogP contribution in [0.2, 0.25) is 0 Å². The molecular weight excluding hydrogens is 451 g/mol. The van der Waals surface area contributed by atoms with E-state index in [4.69, 9.17) is 0 Å². The summed E-state index contributed by atoms with van der Waals surface area (Å²) in [6.07, 6.45) is 0.180. The Balaban J connectivity index is 1.59. The van der Waals surface area contributed by atoms with Crippen molar-refractivity contribution in [1.29, 1.82) is 0 Å². The van der Waals surface area contributed by atoms with Crippen LogP contribution in [0.5, 0.6) is 0 Å². The topological polar surface area (TPSA) is 104 Å². The van der Waals surface area contributed by atoms with Gasteiger partial charge in [0.1, 0.15) is 18.4 Å². The van der Waals surface area contributed by atoms with Gasteiger partial charge >= 0.3 is 5.69 Å². The Morgan fingerprint density at radius 3 is 2.34 bits per heavy atom. The first-order chi connectivity index (χ1) is 16.8. The number of likely N-dealkylation sites (N-methyl/N-ethyl adjacent to an activating group) is 1. The van der Waals surface area contributed by atoms with Crippen LogP contribution >= 0.6 is 0 Å². The molecule has 0 fully saturated rings. The van der Waals surface area contributed by atoms with Gasteiger partial charge in [0.25, 0.3) is 5.56 Å². The molecule has 35 heavy (non-hydrogen) atoms. The van der Waals surface area contributed by atoms with Crippen molar-refractivity contribution in [3.05, 3.63) is 111 Å². The van der Waals surface area contributed by atoms with Crippen LogP contribution in [0.15, 0.2) is 88.5 Å². The maximum absolute atomic E-state index is 13.3. The molecule has 4 rings (SSSR count). The van der Waals surface area contributed by atoms with Gasteiger partial charge in [-0.1, -0.05) is 42.5 Å². The van der Waals surface area contributed by atoms with Crippen molar-refractivity contribution in [2.24, 2.45) is 0 Å². The molecule has 0 saturated heterocycles. The van der Waals surface area contributed by atoms with Gasteiger partial charge < -0.3 is 15.2 Å². The zero-order valence-corrected chi connectivity index (χ0v) is 18.9. The number of H-pyrrole nitrogens is 1. The molecule has 1 atom stereocenters. The quantitative estimate of drug-likeness (QED) is 0.429. The van der Waals surface area contributed by atoms with Crippen molar-refractivity contribution in [3.8, 4) is 0 Å². The zero-order valence-electron chi connectivity index (χ0n) is 18.9. The highest BCUT2D eigenvalue weighted by atomic mass is 19.1. The molecule has 2 amide bonds. The van der Waals surface area contributed by atoms with E-state index in [1.807, 2.05) is 30.3 Å². The van der Waals surface area contributed by atoms with E-state index < -0.39 is 41.5 Å². The molecule has 2 N–H and O–H groups in total. The molecule has 0 aliphatic rings. The first-order valence-corrected chi connectivity index (χ1v) is 10.9. The van der Waals surface area contributed by atoms with Crippen LogP contribution in [0.1, 0.15) is 5.56 Å². The predicted octanol–water partition coefficient (Wildman–Crippen LogP) is 2.22. The molecule has 0 aliphatic heterocycles. The molecule has 8 nitrogen and oxygen atoms in total. The Bertz CT molecular complexity index is 1480. The Kier molecular flexibility index (Phi) is 6.86. The first-order valence-electron chi connectivity index (χ1n) is 10.9. The number of halogens is 1. The molecule has 1 aromatic heterocycles. The summed E-state index contributed by atoms with van der Waals surface area (Å²) in [4.78, 5) is 55.4. The monoisotopic (exact) mass is 474 g/mol. The van der Waals surface area contributed by atoms with Gasteiger partial charge in [-0.3, -0.25) is 19.0 Å². The van der Waals surface area contributed by atoms with Gasteiger partial charge in [-0.15, -0.1) is 0 Å². The number of carbonyl (C=O) groups excluding carboxylic acids is 2. The molecule has 3 aromatic carbocycles. The fourth-order valence-electron chi connectivity index (χ4n) is 3.80. The number of benzene rings is 3. The minimum atomic E-state index is -0.991. The number of aromatic nitrogens is 2. The maximum atomic E-state index is 13.3. The molecule has 0 spiro atoms. The van der Waals surface area contributed by atoms with Gasteiger partial charge in [-0.2, -0.15) is 0 Å². The van der Waals surface area contributed by atoms with Gasteiger partial charge in [0.05, 0.1) is 10.9 Å². The summed E-state index contributed by atoms with van der Waals surface area (Å²) >= 11 is 0. The molecule has 9 heteroatoms. The average Bonchev–Trinajstić information content (AvgIpc) is 2.86. The van der Waals surface area contributed by atoms with Crippen LogP contribution in [-0.2, 0) is 22.6 Å². The molecule has 1 heterocycles. The first kappa shape index (κ1) is 23.6. The number of amides is 2. The van der Waals surface area contributed by atoms with Crippen molar-refractivity contribution in [3.63, 3.8) is 0 Å². The van der Waals surface area contributed by atoms with Crippen LogP contribution in [0.3, 0.4) is 0 Å². The van der Waals surface area contributed by atoms with Crippen molar-refractivity contribution in [2.75, 3.05) is 11.9 Å². The molecule has 4 aromatic rings. The Morgan fingerprint density at radius 1 is 0.971 bits per heavy atom. The summed E-state index contributed by atoms with van der Waals surface area (Å²) in [5.41, 5.74) is 0.301. The van der Waals surface area contributed by atoms with Crippen LogP contribution < -0.4 is 21.5 Å². The normalized spacial score (nSPS) is 11.7. The number of nitrogens with one attached hydrogen (secondary N) is 2. The van der Waals surface area contributed by atoms with Crippen molar-refractivity contribution in [1.82, 2.24) is 14.9 Å². The van der Waals surface area contributed by atoms with E-state index in [-0.39, 0.29) is 11.8 Å². The number of fused-ring (bicyclic) bond motifs is 1. The smallest absolute Gasteiger partial charge is 0.329 e. The van der Waals surface area contributed by atoms with E-state index in [2.05, 4.69) is 10.3 Å². The van der Waals surface area contributed by atoms with Gasteiger partial charge in [0, 0.05) is 19.2 Å². The van der Waals surface area contributed by atoms with Crippen LogP contribution in [-0.4, -0.2) is 34.5 Å². The lowest BCUT2D eigenvalue weighted by molar-refractivity contribution is -0.127. The van der Waals surface area contributed by atoms with Gasteiger partial charge in [-0.25, -0.2) is 9.18 Å². The van der Waals surface area contributed by atoms with Crippen molar-refractivity contribution < 1.29 is 14.0 Å². The Morgan fingerprint density at radius 2 is 1.63 bits per heavy atom. The van der Waals surface area contributed by atoms with Crippen LogP contribution in [0, 0.1) is 5.82 Å². The lowest BCUT2D eigenvalue weighted by Gasteiger charge is -2.25. The summed E-state index contributed by atoms with van der Waals surface area (Å²) in [6.45, 7) is -0.558. The number of carbonyl (C=O) groups is 2. The molecular formula is C26H23FN4O4. The number of hydrogen-bond donors (Lipinski definition) is 2. The van der Waals surface area contributed by atoms with E-state index in [1.165, 1.54) is 36.2 Å². The predicted molar refractivity (Wildman–Crippen MR) is 131 cm³/mol. The maximum Gasteiger partial charge on any atom is 0.329 e. The largest absolute Gasteiger partial charge is 0.342 e. The van der Waals surface area contributed by atoms with Crippen LogP contribution in [0.25, 0.3) is 10.9 Å². The van der Waals surface area contributed by atoms with Gasteiger partial charge in [0.2, 0.25) is 11.8 Å². The number of nitrogens with zero attached hydrogens (tertiary/aromatic N) is 2. The fraction of sp³-hybridized carbons (Fsp3) is 0.154. The summed E-state index contributed by atoms with van der Waals surface area (Å²) in [5.74, 6) is -1.54. The summed E-state index contributed by atoms with van der Waals surface area (Å²) < 4.78 is 14.1. The van der Waals surface area contributed by atoms with E-state index in [1.54, 1.807) is 24.3 Å². The second-order valence-electron chi connectivity index (χ2n) is 8.05. The molecule has 178 valence electrons. The highest BCUT2D eigenvalue weighted by Crippen LogP contribution is 2.16. The molecule has 0 radical (unpaired) electrons. The van der Waals surface area contributed by atoms with Crippen molar-refractivity contribution in [2.45, 2.75) is 19.0 Å². The van der Waals surface area contributed by atoms with E-state index in [9.17, 15) is 23.6 Å². The average molecular weight is 474 g/mol. The SMILES string of the molecule is CN(C(=O)C(Cc1ccccc1)NC(=O)Cn1c(=O)[nH]c2ccccc2c1=O)c1ccc(F)cc1. The highest BCUT2D eigenvalue weighted by molar-refractivity contribution is 5.99. The third kappa shape index (κ3) is 5.35. The third-order valence-corrected chi connectivity index (χ3v) is 5.65. The zero-order chi connectivity index (χ0) is 24.9. The Hall–Kier alpha value is -4.53. The van der Waals surface area contributed by atoms with E-state index in [0.717, 1.165) is 10.1 Å². The second-order valence-corrected chi connectivity index (χ2v) is 8.05. The molecule has 0 saturated carbocycles. The number of anilines is 1. The molecule has 0 aliphatic carbocycles.